The number of anilines is 1. The molecule has 0 spiro atoms. The van der Waals surface area contributed by atoms with E-state index in [1.54, 1.807) is 24.3 Å². The van der Waals surface area contributed by atoms with Gasteiger partial charge in [0.2, 0.25) is 0 Å². The summed E-state index contributed by atoms with van der Waals surface area (Å²) in [6, 6.07) is 14.6. The summed E-state index contributed by atoms with van der Waals surface area (Å²) >= 11 is 0. The summed E-state index contributed by atoms with van der Waals surface area (Å²) in [6.07, 6.45) is 2.76. The van der Waals surface area contributed by atoms with Crippen LogP contribution in [0.5, 0.6) is 0 Å². The number of hydrogen-bond acceptors (Lipinski definition) is 3. The highest BCUT2D eigenvalue weighted by Gasteiger charge is 2.26. The molecule has 1 amide bonds. The molecule has 0 saturated carbocycles. The van der Waals surface area contributed by atoms with Gasteiger partial charge < -0.3 is 10.3 Å². The molecule has 148 valence electrons. The van der Waals surface area contributed by atoms with Crippen LogP contribution in [0.4, 0.5) is 5.69 Å². The first-order chi connectivity index (χ1) is 13.2. The third-order valence-electron chi connectivity index (χ3n) is 4.99. The second-order valence-electron chi connectivity index (χ2n) is 7.33. The van der Waals surface area contributed by atoms with E-state index in [1.165, 1.54) is 11.8 Å². The molecule has 6 nitrogen and oxygen atoms in total. The van der Waals surface area contributed by atoms with Crippen molar-refractivity contribution in [2.75, 3.05) is 24.1 Å². The Bertz CT molecular complexity index is 895. The largest absolute Gasteiger partial charge is 0.339 e. The van der Waals surface area contributed by atoms with Crippen LogP contribution in [0.2, 0.25) is 0 Å². The van der Waals surface area contributed by atoms with Gasteiger partial charge >= 0.3 is 10.4 Å². The first-order valence-electron chi connectivity index (χ1n) is 9.27. The van der Waals surface area contributed by atoms with E-state index in [0.717, 1.165) is 18.4 Å². The Morgan fingerprint density at radius 2 is 1.61 bits per heavy atom. The highest BCUT2D eigenvalue weighted by atomic mass is 32.3. The summed E-state index contributed by atoms with van der Waals surface area (Å²) in [7, 11) is -3.09. The van der Waals surface area contributed by atoms with Crippen molar-refractivity contribution in [3.05, 3.63) is 65.2 Å². The summed E-state index contributed by atoms with van der Waals surface area (Å²) in [4.78, 5) is 14.5. The van der Waals surface area contributed by atoms with Crippen molar-refractivity contribution < 1.29 is 13.6 Å². The molecule has 1 saturated heterocycles. The van der Waals surface area contributed by atoms with E-state index in [-0.39, 0.29) is 11.8 Å². The Hall–Kier alpha value is -2.51. The molecule has 1 aliphatic rings. The number of likely N-dealkylation sites (tertiary alicyclic amines) is 1. The quantitative estimate of drug-likeness (QED) is 0.526. The number of nitrogens with zero attached hydrogens (tertiary/aromatic N) is 1. The predicted octanol–water partition coefficient (Wildman–Crippen LogP) is 3.84. The first-order valence-corrected chi connectivity index (χ1v) is 11.2. The van der Waals surface area contributed by atoms with Crippen molar-refractivity contribution in [3.63, 3.8) is 0 Å². The summed E-state index contributed by atoms with van der Waals surface area (Å²) in [5.41, 5.74) is 3.83. The third kappa shape index (κ3) is 5.05. The van der Waals surface area contributed by atoms with Crippen molar-refractivity contribution in [2.45, 2.75) is 19.8 Å². The highest BCUT2D eigenvalue weighted by molar-refractivity contribution is 7.98. The lowest BCUT2D eigenvalue weighted by Crippen LogP contribution is -2.40. The van der Waals surface area contributed by atoms with Crippen LogP contribution in [0.3, 0.4) is 0 Å². The molecule has 3 rings (SSSR count). The second kappa shape index (κ2) is 8.24. The van der Waals surface area contributed by atoms with Crippen LogP contribution >= 0.6 is 0 Å². The Morgan fingerprint density at radius 1 is 1.07 bits per heavy atom. The number of aryl methyl sites for hydroxylation is 1. The number of amides is 1. The van der Waals surface area contributed by atoms with Crippen molar-refractivity contribution in [1.82, 2.24) is 4.90 Å². The summed E-state index contributed by atoms with van der Waals surface area (Å²) in [5.74, 6) is 0.119. The van der Waals surface area contributed by atoms with Crippen LogP contribution in [0.15, 0.2) is 48.5 Å². The predicted molar refractivity (Wildman–Crippen MR) is 113 cm³/mol. The molecule has 1 atom stereocenters. The molecule has 1 fully saturated rings. The fourth-order valence-electron chi connectivity index (χ4n) is 3.42. The number of benzene rings is 2. The fourth-order valence-corrected chi connectivity index (χ4v) is 4.00. The minimum atomic E-state index is -3.09. The van der Waals surface area contributed by atoms with Gasteiger partial charge in [-0.25, -0.2) is 0 Å². The van der Waals surface area contributed by atoms with Crippen LogP contribution in [0, 0.1) is 18.3 Å². The molecule has 2 aromatic rings. The van der Waals surface area contributed by atoms with E-state index in [0.29, 0.717) is 30.1 Å². The summed E-state index contributed by atoms with van der Waals surface area (Å²) in [6.45, 7) is 3.28. The van der Waals surface area contributed by atoms with Crippen LogP contribution < -0.4 is 4.72 Å². The van der Waals surface area contributed by atoms with Gasteiger partial charge in [-0.15, -0.1) is 0 Å². The standard InChI is InChI=1S/C21H25N3O3S/c1-15-3-5-16(6-4-15)20(22)17-11-13-24(14-12-17)21(25)18-7-9-19(10-8-18)23-28(2,26)27/h3-10,17,22H,11-14H2,1-2H3,(H-,23,25,26,27)/p+1. The zero-order chi connectivity index (χ0) is 20.3. The van der Waals surface area contributed by atoms with Gasteiger partial charge in [-0.3, -0.25) is 4.79 Å². The molecule has 7 heteroatoms. The Morgan fingerprint density at radius 3 is 2.14 bits per heavy atom. The van der Waals surface area contributed by atoms with Gasteiger partial charge in [-0.2, -0.15) is 9.27 Å². The molecular formula is C21H26N3O3S+. The van der Waals surface area contributed by atoms with Gasteiger partial charge in [0.05, 0.1) is 5.69 Å². The van der Waals surface area contributed by atoms with Crippen molar-refractivity contribution in [1.29, 1.82) is 5.41 Å². The maximum absolute atomic E-state index is 12.7. The maximum atomic E-state index is 12.7. The van der Waals surface area contributed by atoms with Crippen molar-refractivity contribution in [3.8, 4) is 0 Å². The normalized spacial score (nSPS) is 17.0. The molecule has 28 heavy (non-hydrogen) atoms. The molecule has 3 N–H and O–H groups in total. The topological polar surface area (TPSA) is 93.5 Å². The van der Waals surface area contributed by atoms with Crippen molar-refractivity contribution in [2.24, 2.45) is 5.92 Å². The third-order valence-corrected chi connectivity index (χ3v) is 5.61. The summed E-state index contributed by atoms with van der Waals surface area (Å²) < 4.78 is 23.2. The number of piperidine rings is 1. The number of nitrogens with one attached hydrogen (secondary N) is 2. The van der Waals surface area contributed by atoms with E-state index in [2.05, 4.69) is 4.72 Å². The maximum Gasteiger partial charge on any atom is 0.307 e. The molecule has 0 aromatic heterocycles. The van der Waals surface area contributed by atoms with Gasteiger partial charge in [0.1, 0.15) is 0 Å². The Labute approximate surface area is 166 Å². The smallest absolute Gasteiger partial charge is 0.307 e. The Balaban J connectivity index is 1.58. The average Bonchev–Trinajstić information content (AvgIpc) is 2.67. The van der Waals surface area contributed by atoms with Crippen LogP contribution in [-0.2, 0) is 14.6 Å². The lowest BCUT2D eigenvalue weighted by Gasteiger charge is -2.32. The molecule has 0 radical (unpaired) electrons. The SMILES string of the molecule is Cc1ccc(C(=N)C2CCN(C(=O)c3ccc(N[S+](C)(=O)O)cc3)CC2)cc1. The van der Waals surface area contributed by atoms with E-state index in [9.17, 15) is 13.6 Å². The van der Waals surface area contributed by atoms with Crippen LogP contribution in [0.1, 0.15) is 34.3 Å². The monoisotopic (exact) mass is 400 g/mol. The first kappa shape index (κ1) is 20.2. The lowest BCUT2D eigenvalue weighted by atomic mass is 9.88. The number of carbonyl (C=O) groups is 1. The molecule has 1 heterocycles. The molecule has 0 aliphatic carbocycles. The van der Waals surface area contributed by atoms with Gasteiger partial charge in [0, 0.05) is 30.3 Å². The van der Waals surface area contributed by atoms with Gasteiger partial charge in [-0.05, 0) is 53.8 Å². The summed E-state index contributed by atoms with van der Waals surface area (Å²) in [5, 5.41) is 8.47. The van der Waals surface area contributed by atoms with Crippen LogP contribution in [0.25, 0.3) is 0 Å². The van der Waals surface area contributed by atoms with Gasteiger partial charge in [0.15, 0.2) is 6.26 Å². The average molecular weight is 401 g/mol. The van der Waals surface area contributed by atoms with E-state index >= 15 is 0 Å². The number of carbonyl (C=O) groups excluding carboxylic acids is 1. The molecular weight excluding hydrogens is 374 g/mol. The number of hydrogen-bond donors (Lipinski definition) is 3. The zero-order valence-electron chi connectivity index (χ0n) is 16.1. The van der Waals surface area contributed by atoms with Gasteiger partial charge in [0.25, 0.3) is 5.91 Å². The Kier molecular flexibility index (Phi) is 5.96. The van der Waals surface area contributed by atoms with E-state index in [1.807, 2.05) is 36.1 Å². The highest BCUT2D eigenvalue weighted by Crippen LogP contribution is 2.23. The van der Waals surface area contributed by atoms with E-state index < -0.39 is 10.4 Å². The van der Waals surface area contributed by atoms with E-state index in [4.69, 9.17) is 5.41 Å². The molecule has 1 unspecified atom stereocenters. The molecule has 2 aromatic carbocycles. The second-order valence-corrected chi connectivity index (χ2v) is 9.14. The molecule has 1 aliphatic heterocycles. The van der Waals surface area contributed by atoms with Crippen molar-refractivity contribution >= 4 is 27.7 Å². The van der Waals surface area contributed by atoms with Crippen LogP contribution in [-0.4, -0.2) is 40.4 Å². The minimum Gasteiger partial charge on any atom is -0.339 e. The number of rotatable bonds is 5. The van der Waals surface area contributed by atoms with Gasteiger partial charge in [-0.1, -0.05) is 29.8 Å². The zero-order valence-corrected chi connectivity index (χ0v) is 17.0. The molecule has 0 bridgehead atoms. The minimum absolute atomic E-state index is 0.0481. The fraction of sp³-hybridized carbons (Fsp3) is 0.333. The lowest BCUT2D eigenvalue weighted by molar-refractivity contribution is 0.0710.